The van der Waals surface area contributed by atoms with Crippen molar-refractivity contribution in [1.82, 2.24) is 9.71 Å². The Morgan fingerprint density at radius 2 is 2.06 bits per heavy atom. The lowest BCUT2D eigenvalue weighted by atomic mass is 10.1. The standard InChI is InChI=1S/C9H13ClN2O4S2/c1-5-6(17-8(10)11-5)18(14,15)12-9(2,3)7(13)16-4/h12H,1-4H3. The summed E-state index contributed by atoms with van der Waals surface area (Å²) in [5.74, 6) is -0.681. The first kappa shape index (κ1) is 15.4. The number of nitrogens with zero attached hydrogens (tertiary/aromatic N) is 1. The van der Waals surface area contributed by atoms with Crippen LogP contribution in [0.2, 0.25) is 4.47 Å². The van der Waals surface area contributed by atoms with Gasteiger partial charge in [-0.1, -0.05) is 22.9 Å². The van der Waals surface area contributed by atoms with Gasteiger partial charge in [-0.15, -0.1) is 0 Å². The fourth-order valence-corrected chi connectivity index (χ4v) is 4.39. The molecule has 1 aromatic rings. The van der Waals surface area contributed by atoms with Gasteiger partial charge in [-0.25, -0.2) is 13.4 Å². The SMILES string of the molecule is COC(=O)C(C)(C)NS(=O)(=O)c1sc(Cl)nc1C. The fraction of sp³-hybridized carbons (Fsp3) is 0.556. The summed E-state index contributed by atoms with van der Waals surface area (Å²) in [6.07, 6.45) is 0. The third kappa shape index (κ3) is 3.19. The first-order valence-corrected chi connectivity index (χ1v) is 7.53. The van der Waals surface area contributed by atoms with Gasteiger partial charge in [0.05, 0.1) is 12.8 Å². The van der Waals surface area contributed by atoms with Crippen molar-refractivity contribution in [2.75, 3.05) is 7.11 Å². The molecule has 102 valence electrons. The Morgan fingerprint density at radius 1 is 1.50 bits per heavy atom. The van der Waals surface area contributed by atoms with E-state index in [0.29, 0.717) is 0 Å². The van der Waals surface area contributed by atoms with Crippen molar-refractivity contribution < 1.29 is 17.9 Å². The van der Waals surface area contributed by atoms with Crippen LogP contribution in [0.25, 0.3) is 0 Å². The van der Waals surface area contributed by atoms with Crippen molar-refractivity contribution in [3.8, 4) is 0 Å². The number of aryl methyl sites for hydroxylation is 1. The second-order valence-corrected chi connectivity index (χ2v) is 7.52. The molecule has 0 saturated heterocycles. The monoisotopic (exact) mass is 312 g/mol. The zero-order valence-corrected chi connectivity index (χ0v) is 12.7. The van der Waals surface area contributed by atoms with Crippen LogP contribution in [0.4, 0.5) is 0 Å². The molecule has 0 saturated carbocycles. The second-order valence-electron chi connectivity index (χ2n) is 4.06. The van der Waals surface area contributed by atoms with Gasteiger partial charge in [-0.3, -0.25) is 4.79 Å². The number of hydrogen-bond acceptors (Lipinski definition) is 6. The van der Waals surface area contributed by atoms with Crippen molar-refractivity contribution in [1.29, 1.82) is 0 Å². The zero-order chi connectivity index (χ0) is 14.1. The molecule has 0 spiro atoms. The summed E-state index contributed by atoms with van der Waals surface area (Å²) in [5, 5.41) is 0. The molecule has 0 unspecified atom stereocenters. The summed E-state index contributed by atoms with van der Waals surface area (Å²) >= 11 is 6.49. The molecule has 0 radical (unpaired) electrons. The highest BCUT2D eigenvalue weighted by atomic mass is 35.5. The van der Waals surface area contributed by atoms with Crippen LogP contribution in [0.3, 0.4) is 0 Å². The molecule has 0 aliphatic heterocycles. The molecule has 0 aromatic carbocycles. The van der Waals surface area contributed by atoms with Gasteiger partial charge in [0.25, 0.3) is 10.0 Å². The molecule has 1 aromatic heterocycles. The van der Waals surface area contributed by atoms with Crippen LogP contribution in [-0.2, 0) is 19.6 Å². The molecule has 1 N–H and O–H groups in total. The Bertz CT molecular complexity index is 565. The van der Waals surface area contributed by atoms with Crippen LogP contribution in [-0.4, -0.2) is 32.0 Å². The van der Waals surface area contributed by atoms with E-state index in [1.807, 2.05) is 0 Å². The van der Waals surface area contributed by atoms with Gasteiger partial charge in [0.1, 0.15) is 5.54 Å². The number of halogens is 1. The van der Waals surface area contributed by atoms with Crippen LogP contribution >= 0.6 is 22.9 Å². The quantitative estimate of drug-likeness (QED) is 0.848. The van der Waals surface area contributed by atoms with Crippen LogP contribution in [0.5, 0.6) is 0 Å². The largest absolute Gasteiger partial charge is 0.468 e. The van der Waals surface area contributed by atoms with E-state index in [-0.39, 0.29) is 14.4 Å². The van der Waals surface area contributed by atoms with E-state index < -0.39 is 21.5 Å². The minimum absolute atomic E-state index is 0.00974. The van der Waals surface area contributed by atoms with E-state index in [9.17, 15) is 13.2 Å². The summed E-state index contributed by atoms with van der Waals surface area (Å²) < 4.78 is 31.1. The van der Waals surface area contributed by atoms with E-state index >= 15 is 0 Å². The molecule has 6 nitrogen and oxygen atoms in total. The topological polar surface area (TPSA) is 85.4 Å². The molecule has 0 aliphatic carbocycles. The predicted molar refractivity (Wildman–Crippen MR) is 68.3 cm³/mol. The normalized spacial score (nSPS) is 12.5. The van der Waals surface area contributed by atoms with Crippen LogP contribution in [0, 0.1) is 6.92 Å². The van der Waals surface area contributed by atoms with Gasteiger partial charge in [0, 0.05) is 0 Å². The molecule has 9 heteroatoms. The van der Waals surface area contributed by atoms with Gasteiger partial charge in [-0.2, -0.15) is 4.72 Å². The van der Waals surface area contributed by atoms with Crippen molar-refractivity contribution in [2.45, 2.75) is 30.5 Å². The number of methoxy groups -OCH3 is 1. The lowest BCUT2D eigenvalue weighted by molar-refractivity contribution is -0.146. The third-order valence-corrected chi connectivity index (χ3v) is 5.58. The Morgan fingerprint density at radius 3 is 2.44 bits per heavy atom. The number of ether oxygens (including phenoxy) is 1. The summed E-state index contributed by atoms with van der Waals surface area (Å²) in [7, 11) is -2.67. The number of carbonyl (C=O) groups is 1. The van der Waals surface area contributed by atoms with E-state index in [0.717, 1.165) is 11.3 Å². The van der Waals surface area contributed by atoms with Crippen molar-refractivity contribution in [3.05, 3.63) is 10.2 Å². The summed E-state index contributed by atoms with van der Waals surface area (Å²) in [6.45, 7) is 4.35. The van der Waals surface area contributed by atoms with Gasteiger partial charge in [-0.05, 0) is 20.8 Å². The maximum atomic E-state index is 12.1. The van der Waals surface area contributed by atoms with Gasteiger partial charge in [0.2, 0.25) is 0 Å². The number of aromatic nitrogens is 1. The van der Waals surface area contributed by atoms with Crippen molar-refractivity contribution in [2.24, 2.45) is 0 Å². The van der Waals surface area contributed by atoms with Crippen LogP contribution in [0.1, 0.15) is 19.5 Å². The lowest BCUT2D eigenvalue weighted by Crippen LogP contribution is -2.50. The first-order valence-electron chi connectivity index (χ1n) is 4.85. The van der Waals surface area contributed by atoms with Crippen LogP contribution < -0.4 is 4.72 Å². The molecule has 18 heavy (non-hydrogen) atoms. The molecule has 0 atom stereocenters. The summed E-state index contributed by atoms with van der Waals surface area (Å²) in [4.78, 5) is 15.3. The number of rotatable bonds is 4. The molecule has 0 fully saturated rings. The van der Waals surface area contributed by atoms with Gasteiger partial charge < -0.3 is 4.74 Å². The van der Waals surface area contributed by atoms with Crippen molar-refractivity contribution in [3.63, 3.8) is 0 Å². The minimum atomic E-state index is -3.86. The highest BCUT2D eigenvalue weighted by Gasteiger charge is 2.35. The van der Waals surface area contributed by atoms with Crippen molar-refractivity contribution >= 4 is 38.9 Å². The van der Waals surface area contributed by atoms with E-state index in [2.05, 4.69) is 14.4 Å². The Labute approximate surface area is 114 Å². The van der Waals surface area contributed by atoms with Gasteiger partial charge >= 0.3 is 5.97 Å². The highest BCUT2D eigenvalue weighted by molar-refractivity contribution is 7.91. The average Bonchev–Trinajstić information content (AvgIpc) is 2.55. The van der Waals surface area contributed by atoms with E-state index in [4.69, 9.17) is 11.6 Å². The smallest absolute Gasteiger partial charge is 0.326 e. The molecular formula is C9H13ClN2O4S2. The summed E-state index contributed by atoms with van der Waals surface area (Å²) in [5.41, 5.74) is -1.07. The Balaban J connectivity index is 3.10. The lowest BCUT2D eigenvalue weighted by Gasteiger charge is -2.22. The van der Waals surface area contributed by atoms with E-state index in [1.54, 1.807) is 0 Å². The maximum absolute atomic E-state index is 12.1. The number of hydrogen-bond donors (Lipinski definition) is 1. The molecule has 1 heterocycles. The maximum Gasteiger partial charge on any atom is 0.326 e. The zero-order valence-electron chi connectivity index (χ0n) is 10.3. The number of thiazole rings is 1. The Hall–Kier alpha value is -0.700. The molecule has 0 amide bonds. The third-order valence-electron chi connectivity index (χ3n) is 2.06. The number of carbonyl (C=O) groups excluding carboxylic acids is 1. The highest BCUT2D eigenvalue weighted by Crippen LogP contribution is 2.27. The number of nitrogens with one attached hydrogen (secondary N) is 1. The summed E-state index contributed by atoms with van der Waals surface area (Å²) in [6, 6.07) is 0. The van der Waals surface area contributed by atoms with Crippen LogP contribution in [0.15, 0.2) is 4.21 Å². The minimum Gasteiger partial charge on any atom is -0.468 e. The number of sulfonamides is 1. The average molecular weight is 313 g/mol. The first-order chi connectivity index (χ1) is 8.10. The fourth-order valence-electron chi connectivity index (χ4n) is 1.28. The molecule has 1 rings (SSSR count). The molecule has 0 aliphatic rings. The molecular weight excluding hydrogens is 300 g/mol. The predicted octanol–water partition coefficient (Wildman–Crippen LogP) is 1.33. The van der Waals surface area contributed by atoms with E-state index in [1.165, 1.54) is 27.9 Å². The second kappa shape index (κ2) is 5.12. The van der Waals surface area contributed by atoms with Gasteiger partial charge in [0.15, 0.2) is 8.68 Å². The Kier molecular flexibility index (Phi) is 4.37. The molecule has 0 bridgehead atoms. The number of esters is 1.